The molecule has 0 radical (unpaired) electrons. The number of nitrogens with zero attached hydrogens (tertiary/aromatic N) is 1. The Balaban J connectivity index is 1.92. The first-order chi connectivity index (χ1) is 7.63. The lowest BCUT2D eigenvalue weighted by Gasteiger charge is -2.22. The molecule has 2 saturated carbocycles. The Labute approximate surface area is 97.2 Å². The molecule has 0 aromatic heterocycles. The van der Waals surface area contributed by atoms with Crippen LogP contribution in [0.4, 0.5) is 0 Å². The fourth-order valence-electron chi connectivity index (χ4n) is 2.85. The van der Waals surface area contributed by atoms with Gasteiger partial charge in [0.1, 0.15) is 5.41 Å². The molecule has 0 aromatic rings. The van der Waals surface area contributed by atoms with Gasteiger partial charge in [0.15, 0.2) is 0 Å². The van der Waals surface area contributed by atoms with E-state index in [2.05, 4.69) is 25.2 Å². The Hall–Kier alpha value is -1.04. The second-order valence-electron chi connectivity index (χ2n) is 5.38. The van der Waals surface area contributed by atoms with Crippen LogP contribution in [0.1, 0.15) is 46.0 Å². The van der Waals surface area contributed by atoms with Crippen molar-refractivity contribution in [1.82, 2.24) is 5.32 Å². The summed E-state index contributed by atoms with van der Waals surface area (Å²) in [6, 6.07) is 2.45. The number of hydrogen-bond donors (Lipinski definition) is 1. The first kappa shape index (κ1) is 11.4. The molecule has 3 atom stereocenters. The molecule has 0 spiro atoms. The van der Waals surface area contributed by atoms with Crippen LogP contribution in [-0.4, -0.2) is 11.9 Å². The molecule has 1 N–H and O–H groups in total. The van der Waals surface area contributed by atoms with Gasteiger partial charge >= 0.3 is 0 Å². The minimum atomic E-state index is -0.663. The van der Waals surface area contributed by atoms with E-state index in [0.29, 0.717) is 12.0 Å². The van der Waals surface area contributed by atoms with Crippen LogP contribution in [0.25, 0.3) is 0 Å². The van der Waals surface area contributed by atoms with Crippen LogP contribution in [0.15, 0.2) is 0 Å². The lowest BCUT2D eigenvalue weighted by molar-refractivity contribution is -0.125. The normalized spacial score (nSPS) is 35.4. The van der Waals surface area contributed by atoms with Gasteiger partial charge in [-0.2, -0.15) is 5.26 Å². The van der Waals surface area contributed by atoms with Crippen LogP contribution < -0.4 is 5.32 Å². The van der Waals surface area contributed by atoms with Crippen molar-refractivity contribution in [3.05, 3.63) is 0 Å². The van der Waals surface area contributed by atoms with Crippen molar-refractivity contribution in [2.75, 3.05) is 0 Å². The fourth-order valence-corrected chi connectivity index (χ4v) is 2.85. The number of rotatable bonds is 3. The summed E-state index contributed by atoms with van der Waals surface area (Å²) in [5.74, 6) is 1.27. The van der Waals surface area contributed by atoms with Gasteiger partial charge in [0.2, 0.25) is 5.91 Å². The maximum atomic E-state index is 11.9. The molecule has 3 nitrogen and oxygen atoms in total. The summed E-state index contributed by atoms with van der Waals surface area (Å²) in [4.78, 5) is 11.9. The van der Waals surface area contributed by atoms with E-state index in [9.17, 15) is 4.79 Å². The molecule has 2 aliphatic rings. The van der Waals surface area contributed by atoms with E-state index in [1.54, 1.807) is 0 Å². The van der Waals surface area contributed by atoms with Crippen molar-refractivity contribution >= 4 is 5.91 Å². The summed E-state index contributed by atoms with van der Waals surface area (Å²) >= 11 is 0. The first-order valence-electron chi connectivity index (χ1n) is 6.35. The second-order valence-corrected chi connectivity index (χ2v) is 5.38. The molecule has 3 unspecified atom stereocenters. The van der Waals surface area contributed by atoms with E-state index < -0.39 is 5.41 Å². The van der Waals surface area contributed by atoms with Crippen LogP contribution >= 0.6 is 0 Å². The molecule has 88 valence electrons. The number of nitrogens with one attached hydrogen (secondary N) is 1. The van der Waals surface area contributed by atoms with Crippen molar-refractivity contribution in [2.45, 2.75) is 52.0 Å². The molecule has 0 aliphatic heterocycles. The Kier molecular flexibility index (Phi) is 2.92. The maximum Gasteiger partial charge on any atom is 0.240 e. The fraction of sp³-hybridized carbons (Fsp3) is 0.846. The Bertz CT molecular complexity index is 327. The van der Waals surface area contributed by atoms with Crippen molar-refractivity contribution in [1.29, 1.82) is 5.26 Å². The number of nitriles is 1. The molecular weight excluding hydrogens is 200 g/mol. The first-order valence-corrected chi connectivity index (χ1v) is 6.35. The molecule has 2 aliphatic carbocycles. The topological polar surface area (TPSA) is 52.9 Å². The molecule has 0 bridgehead atoms. The Morgan fingerprint density at radius 2 is 2.19 bits per heavy atom. The smallest absolute Gasteiger partial charge is 0.240 e. The van der Waals surface area contributed by atoms with E-state index in [-0.39, 0.29) is 5.91 Å². The van der Waals surface area contributed by atoms with Gasteiger partial charge in [-0.3, -0.25) is 4.79 Å². The molecule has 0 heterocycles. The van der Waals surface area contributed by atoms with Crippen molar-refractivity contribution in [3.8, 4) is 6.07 Å². The largest absolute Gasteiger partial charge is 0.352 e. The van der Waals surface area contributed by atoms with Gasteiger partial charge in [0.25, 0.3) is 0 Å². The van der Waals surface area contributed by atoms with E-state index in [0.717, 1.165) is 25.2 Å². The molecule has 1 amide bonds. The predicted octanol–water partition coefficient (Wildman–Crippen LogP) is 2.23. The zero-order chi connectivity index (χ0) is 11.8. The molecule has 0 aromatic carbocycles. The van der Waals surface area contributed by atoms with E-state index >= 15 is 0 Å². The van der Waals surface area contributed by atoms with E-state index in [1.165, 1.54) is 12.8 Å². The highest BCUT2D eigenvalue weighted by molar-refractivity contribution is 5.88. The minimum absolute atomic E-state index is 0.0244. The predicted molar refractivity (Wildman–Crippen MR) is 61.4 cm³/mol. The van der Waals surface area contributed by atoms with Crippen molar-refractivity contribution in [3.63, 3.8) is 0 Å². The third-order valence-corrected chi connectivity index (χ3v) is 4.47. The number of carbonyl (C=O) groups excluding carboxylic acids is 1. The van der Waals surface area contributed by atoms with Crippen molar-refractivity contribution < 1.29 is 4.79 Å². The van der Waals surface area contributed by atoms with Gasteiger partial charge < -0.3 is 5.32 Å². The minimum Gasteiger partial charge on any atom is -0.352 e. The Morgan fingerprint density at radius 3 is 2.62 bits per heavy atom. The number of hydrogen-bond acceptors (Lipinski definition) is 2. The van der Waals surface area contributed by atoms with E-state index in [4.69, 9.17) is 5.26 Å². The average molecular weight is 220 g/mol. The van der Waals surface area contributed by atoms with Crippen molar-refractivity contribution in [2.24, 2.45) is 17.3 Å². The van der Waals surface area contributed by atoms with Gasteiger partial charge in [-0.25, -0.2) is 0 Å². The molecule has 2 fully saturated rings. The SMILES string of the molecule is CCC1CCC(NC(=O)C2(C#N)CC2)C1C. The monoisotopic (exact) mass is 220 g/mol. The lowest BCUT2D eigenvalue weighted by Crippen LogP contribution is -2.41. The van der Waals surface area contributed by atoms with Gasteiger partial charge in [-0.05, 0) is 37.5 Å². The maximum absolute atomic E-state index is 11.9. The summed E-state index contributed by atoms with van der Waals surface area (Å²) in [6.07, 6.45) is 4.97. The highest BCUT2D eigenvalue weighted by Gasteiger charge is 2.51. The third kappa shape index (κ3) is 1.81. The average Bonchev–Trinajstić information content (AvgIpc) is 3.02. The zero-order valence-corrected chi connectivity index (χ0v) is 10.1. The van der Waals surface area contributed by atoms with E-state index in [1.807, 2.05) is 0 Å². The molecule has 2 rings (SSSR count). The number of amides is 1. The lowest BCUT2D eigenvalue weighted by atomic mass is 9.93. The standard InChI is InChI=1S/C13H20N2O/c1-3-10-4-5-11(9(10)2)15-12(16)13(8-14)6-7-13/h9-11H,3-7H2,1-2H3,(H,15,16). The second kappa shape index (κ2) is 4.08. The van der Waals surface area contributed by atoms with Crippen LogP contribution in [-0.2, 0) is 4.79 Å². The van der Waals surface area contributed by atoms with Gasteiger partial charge in [-0.15, -0.1) is 0 Å². The van der Waals surface area contributed by atoms with Crippen LogP contribution in [0.2, 0.25) is 0 Å². The summed E-state index contributed by atoms with van der Waals surface area (Å²) in [6.45, 7) is 4.43. The van der Waals surface area contributed by atoms with Crippen LogP contribution in [0.5, 0.6) is 0 Å². The molecule has 0 saturated heterocycles. The summed E-state index contributed by atoms with van der Waals surface area (Å²) < 4.78 is 0. The molecule has 3 heteroatoms. The summed E-state index contributed by atoms with van der Waals surface area (Å²) in [5.41, 5.74) is -0.663. The third-order valence-electron chi connectivity index (χ3n) is 4.47. The zero-order valence-electron chi connectivity index (χ0n) is 10.1. The molecular formula is C13H20N2O. The van der Waals surface area contributed by atoms with Gasteiger partial charge in [0, 0.05) is 6.04 Å². The van der Waals surface area contributed by atoms with Gasteiger partial charge in [-0.1, -0.05) is 20.3 Å². The summed E-state index contributed by atoms with van der Waals surface area (Å²) in [7, 11) is 0. The van der Waals surface area contributed by atoms with Crippen LogP contribution in [0.3, 0.4) is 0 Å². The summed E-state index contributed by atoms with van der Waals surface area (Å²) in [5, 5.41) is 12.0. The highest BCUT2D eigenvalue weighted by Crippen LogP contribution is 2.45. The highest BCUT2D eigenvalue weighted by atomic mass is 16.2. The van der Waals surface area contributed by atoms with Crippen LogP contribution in [0, 0.1) is 28.6 Å². The quantitative estimate of drug-likeness (QED) is 0.793. The molecule has 16 heavy (non-hydrogen) atoms. The number of carbonyl (C=O) groups is 1. The van der Waals surface area contributed by atoms with Gasteiger partial charge in [0.05, 0.1) is 6.07 Å². The Morgan fingerprint density at radius 1 is 1.50 bits per heavy atom.